The van der Waals surface area contributed by atoms with Gasteiger partial charge in [-0.25, -0.2) is 9.97 Å². The largest absolute Gasteiger partial charge is 0.408 e. The normalized spacial score (nSPS) is 19.7. The molecule has 1 aromatic carbocycles. The predicted molar refractivity (Wildman–Crippen MR) is 123 cm³/mol. The van der Waals surface area contributed by atoms with Crippen LogP contribution in [0.3, 0.4) is 0 Å². The van der Waals surface area contributed by atoms with Crippen LogP contribution in [-0.4, -0.2) is 65.1 Å². The molecule has 3 heterocycles. The van der Waals surface area contributed by atoms with E-state index >= 15 is 0 Å². The van der Waals surface area contributed by atoms with Crippen LogP contribution >= 0.6 is 23.2 Å². The van der Waals surface area contributed by atoms with E-state index in [2.05, 4.69) is 25.2 Å². The molecule has 2 fully saturated rings. The SMILES string of the molecule is NC=C(Nc1ncc2cc(Cl)c(C3CCN(C4COC4)CC3)cc2n1)C(Cl)=NCC(F)(F)F. The van der Waals surface area contributed by atoms with Crippen molar-refractivity contribution in [3.63, 3.8) is 0 Å². The Hall–Kier alpha value is -2.14. The number of aliphatic imine (C=N–C) groups is 1. The molecule has 0 radical (unpaired) electrons. The molecule has 0 saturated carbocycles. The fourth-order valence-corrected chi connectivity index (χ4v) is 4.47. The Labute approximate surface area is 198 Å². The number of anilines is 1. The van der Waals surface area contributed by atoms with Crippen LogP contribution in [0.5, 0.6) is 0 Å². The first kappa shape index (κ1) is 24.0. The van der Waals surface area contributed by atoms with Crippen molar-refractivity contribution in [2.75, 3.05) is 38.2 Å². The third kappa shape index (κ3) is 5.87. The molecule has 0 unspecified atom stereocenters. The minimum absolute atomic E-state index is 0.0261. The number of aromatic nitrogens is 2. The highest BCUT2D eigenvalue weighted by Crippen LogP contribution is 2.36. The predicted octanol–water partition coefficient (Wildman–Crippen LogP) is 4.27. The first-order chi connectivity index (χ1) is 15.7. The van der Waals surface area contributed by atoms with E-state index in [1.54, 1.807) is 6.20 Å². The Bertz CT molecular complexity index is 1070. The lowest BCUT2D eigenvalue weighted by atomic mass is 9.88. The highest BCUT2D eigenvalue weighted by molar-refractivity contribution is 6.69. The molecule has 33 heavy (non-hydrogen) atoms. The van der Waals surface area contributed by atoms with Gasteiger partial charge in [0, 0.05) is 22.8 Å². The molecule has 4 rings (SSSR count). The van der Waals surface area contributed by atoms with E-state index in [1.165, 1.54) is 0 Å². The number of likely N-dealkylation sites (tertiary alicyclic amines) is 1. The molecule has 2 aliphatic heterocycles. The van der Waals surface area contributed by atoms with Gasteiger partial charge in [-0.1, -0.05) is 23.2 Å². The summed E-state index contributed by atoms with van der Waals surface area (Å²) in [5.74, 6) is 0.446. The maximum atomic E-state index is 12.4. The Morgan fingerprint density at radius 3 is 2.64 bits per heavy atom. The van der Waals surface area contributed by atoms with E-state index in [4.69, 9.17) is 33.7 Å². The van der Waals surface area contributed by atoms with E-state index in [0.717, 1.165) is 56.3 Å². The molecular weight excluding hydrogens is 480 g/mol. The molecule has 3 N–H and O–H groups in total. The molecule has 1 aromatic heterocycles. The monoisotopic (exact) mass is 502 g/mol. The van der Waals surface area contributed by atoms with Gasteiger partial charge in [0.25, 0.3) is 0 Å². The standard InChI is InChI=1S/C21H23Cl2F3N6O/c22-16-5-13-8-28-20(31-18(7-27)19(23)29-11-21(24,25)26)30-17(13)6-15(16)12-1-3-32(4-2-12)14-9-33-10-14/h5-8,12,14H,1-4,9-11,27H2,(H,28,30,31). The number of piperidine rings is 1. The van der Waals surface area contributed by atoms with Gasteiger partial charge in [0.15, 0.2) is 0 Å². The van der Waals surface area contributed by atoms with Gasteiger partial charge in [0.2, 0.25) is 5.95 Å². The maximum absolute atomic E-state index is 12.4. The van der Waals surface area contributed by atoms with Crippen molar-refractivity contribution in [1.82, 2.24) is 14.9 Å². The first-order valence-corrected chi connectivity index (χ1v) is 11.2. The number of nitrogens with zero attached hydrogens (tertiary/aromatic N) is 4. The molecule has 0 bridgehead atoms. The van der Waals surface area contributed by atoms with Crippen LogP contribution in [0.2, 0.25) is 5.02 Å². The molecule has 0 atom stereocenters. The molecule has 178 valence electrons. The Balaban J connectivity index is 1.50. The van der Waals surface area contributed by atoms with E-state index in [-0.39, 0.29) is 11.6 Å². The highest BCUT2D eigenvalue weighted by Gasteiger charge is 2.31. The lowest BCUT2D eigenvalue weighted by Gasteiger charge is -2.41. The zero-order valence-corrected chi connectivity index (χ0v) is 19.1. The summed E-state index contributed by atoms with van der Waals surface area (Å²) in [6, 6.07) is 4.30. The average Bonchev–Trinajstić information content (AvgIpc) is 2.74. The molecule has 2 aromatic rings. The molecular formula is C21H23Cl2F3N6O. The molecule has 0 spiro atoms. The number of nitrogens with one attached hydrogen (secondary N) is 1. The van der Waals surface area contributed by atoms with Gasteiger partial charge < -0.3 is 15.8 Å². The summed E-state index contributed by atoms with van der Waals surface area (Å²) >= 11 is 12.4. The highest BCUT2D eigenvalue weighted by atomic mass is 35.5. The summed E-state index contributed by atoms with van der Waals surface area (Å²) in [4.78, 5) is 14.4. The second-order valence-electron chi connectivity index (χ2n) is 8.06. The Morgan fingerprint density at radius 1 is 1.30 bits per heavy atom. The van der Waals surface area contributed by atoms with Crippen LogP contribution in [0, 0.1) is 0 Å². The molecule has 7 nitrogen and oxygen atoms in total. The number of nitrogens with two attached hydrogens (primary N) is 1. The van der Waals surface area contributed by atoms with Crippen molar-refractivity contribution in [2.45, 2.75) is 31.0 Å². The van der Waals surface area contributed by atoms with Crippen LogP contribution in [0.1, 0.15) is 24.3 Å². The Morgan fingerprint density at radius 2 is 2.03 bits per heavy atom. The first-order valence-electron chi connectivity index (χ1n) is 10.5. The van der Waals surface area contributed by atoms with Gasteiger partial charge in [0.05, 0.1) is 30.5 Å². The van der Waals surface area contributed by atoms with Gasteiger partial charge in [-0.05, 0) is 49.5 Å². The van der Waals surface area contributed by atoms with Gasteiger partial charge in [-0.15, -0.1) is 0 Å². The van der Waals surface area contributed by atoms with Gasteiger partial charge >= 0.3 is 6.18 Å². The summed E-state index contributed by atoms with van der Waals surface area (Å²) in [5.41, 5.74) is 7.16. The second kappa shape index (κ2) is 10.0. The van der Waals surface area contributed by atoms with E-state index in [1.807, 2.05) is 12.1 Å². The van der Waals surface area contributed by atoms with Gasteiger partial charge in [-0.2, -0.15) is 13.2 Å². The van der Waals surface area contributed by atoms with Crippen molar-refractivity contribution in [1.29, 1.82) is 0 Å². The Kier molecular flexibility index (Phi) is 7.28. The fraction of sp³-hybridized carbons (Fsp3) is 0.476. The number of hydrogen-bond acceptors (Lipinski definition) is 7. The minimum Gasteiger partial charge on any atom is -0.403 e. The zero-order chi connectivity index (χ0) is 23.6. The second-order valence-corrected chi connectivity index (χ2v) is 8.82. The van der Waals surface area contributed by atoms with Crippen LogP contribution in [0.4, 0.5) is 19.1 Å². The number of allylic oxidation sites excluding steroid dienone is 1. The summed E-state index contributed by atoms with van der Waals surface area (Å²) in [6.45, 7) is 2.17. The number of hydrogen-bond donors (Lipinski definition) is 2. The summed E-state index contributed by atoms with van der Waals surface area (Å²) < 4.78 is 42.5. The summed E-state index contributed by atoms with van der Waals surface area (Å²) in [6.07, 6.45) is 0.0989. The van der Waals surface area contributed by atoms with Crippen molar-refractivity contribution in [3.8, 4) is 0 Å². The lowest BCUT2D eigenvalue weighted by molar-refractivity contribution is -0.118. The van der Waals surface area contributed by atoms with Crippen molar-refractivity contribution in [3.05, 3.63) is 40.8 Å². The smallest absolute Gasteiger partial charge is 0.403 e. The number of benzene rings is 1. The molecule has 0 aliphatic carbocycles. The summed E-state index contributed by atoms with van der Waals surface area (Å²) in [7, 11) is 0. The third-order valence-electron chi connectivity index (χ3n) is 5.84. The topological polar surface area (TPSA) is 88.7 Å². The van der Waals surface area contributed by atoms with Gasteiger partial charge in [-0.3, -0.25) is 9.89 Å². The van der Waals surface area contributed by atoms with Crippen molar-refractivity contribution in [2.24, 2.45) is 10.7 Å². The van der Waals surface area contributed by atoms with E-state index in [9.17, 15) is 13.2 Å². The quantitative estimate of drug-likeness (QED) is 0.573. The zero-order valence-electron chi connectivity index (χ0n) is 17.6. The molecule has 2 aliphatic rings. The van der Waals surface area contributed by atoms with Gasteiger partial charge in [0.1, 0.15) is 11.7 Å². The van der Waals surface area contributed by atoms with Crippen LogP contribution in [0.15, 0.2) is 35.2 Å². The number of halogens is 5. The minimum atomic E-state index is -4.48. The van der Waals surface area contributed by atoms with Crippen LogP contribution in [-0.2, 0) is 4.74 Å². The van der Waals surface area contributed by atoms with E-state index < -0.39 is 17.9 Å². The van der Waals surface area contributed by atoms with Crippen molar-refractivity contribution >= 4 is 45.2 Å². The lowest BCUT2D eigenvalue weighted by Crippen LogP contribution is -2.51. The number of rotatable bonds is 6. The average molecular weight is 503 g/mol. The number of ether oxygens (including phenoxy) is 1. The third-order valence-corrected chi connectivity index (χ3v) is 6.49. The molecule has 2 saturated heterocycles. The summed E-state index contributed by atoms with van der Waals surface area (Å²) in [5, 5.41) is 3.73. The molecule has 12 heteroatoms. The van der Waals surface area contributed by atoms with Crippen molar-refractivity contribution < 1.29 is 17.9 Å². The fourth-order valence-electron chi connectivity index (χ4n) is 3.98. The number of fused-ring (bicyclic) bond motifs is 1. The molecule has 0 amide bonds. The van der Waals surface area contributed by atoms with Crippen LogP contribution in [0.25, 0.3) is 10.9 Å². The number of alkyl halides is 3. The van der Waals surface area contributed by atoms with Crippen LogP contribution < -0.4 is 11.1 Å². The maximum Gasteiger partial charge on any atom is 0.408 e. The van der Waals surface area contributed by atoms with E-state index in [0.29, 0.717) is 22.5 Å².